The summed E-state index contributed by atoms with van der Waals surface area (Å²) in [6.07, 6.45) is 4.59. The Morgan fingerprint density at radius 3 is 3.05 bits per heavy atom. The number of anilines is 1. The van der Waals surface area contributed by atoms with Gasteiger partial charge in [0.1, 0.15) is 5.76 Å². The first-order chi connectivity index (χ1) is 10.7. The maximum atomic E-state index is 11.8. The third-order valence-electron chi connectivity index (χ3n) is 2.85. The summed E-state index contributed by atoms with van der Waals surface area (Å²) < 4.78 is 10.9. The number of fused-ring (bicyclic) bond motifs is 1. The molecular formula is C15H11ClN2O3S. The van der Waals surface area contributed by atoms with Crippen molar-refractivity contribution < 1.29 is 13.9 Å². The molecule has 22 heavy (non-hydrogen) atoms. The first kappa shape index (κ1) is 14.6. The lowest BCUT2D eigenvalue weighted by Crippen LogP contribution is -2.06. The number of hydrogen-bond donors (Lipinski definition) is 1. The highest BCUT2D eigenvalue weighted by Gasteiger charge is 2.09. The number of halogens is 1. The van der Waals surface area contributed by atoms with Gasteiger partial charge in [-0.1, -0.05) is 11.6 Å². The van der Waals surface area contributed by atoms with E-state index in [9.17, 15) is 4.79 Å². The quantitative estimate of drug-likeness (QED) is 0.726. The van der Waals surface area contributed by atoms with Gasteiger partial charge in [0.25, 0.3) is 0 Å². The zero-order chi connectivity index (χ0) is 15.5. The molecule has 5 nitrogen and oxygen atoms in total. The molecule has 0 aliphatic heterocycles. The number of carbonyl (C=O) groups is 1. The number of amides is 1. The monoisotopic (exact) mass is 334 g/mol. The molecule has 0 spiro atoms. The first-order valence-corrected chi connectivity index (χ1v) is 7.57. The number of aromatic nitrogens is 1. The van der Waals surface area contributed by atoms with Crippen molar-refractivity contribution in [1.82, 2.24) is 4.98 Å². The standard InChI is InChI=1S/C15H11ClN2O3S/c1-20-12-8-10(16)6-9-7-11(21-14(9)12)2-3-13(19)18-15-17-4-5-22-15/h2-8H,1H3,(H,17,18,19). The van der Waals surface area contributed by atoms with Crippen LogP contribution in [0.2, 0.25) is 5.02 Å². The average molecular weight is 335 g/mol. The molecule has 3 rings (SSSR count). The molecule has 0 fully saturated rings. The van der Waals surface area contributed by atoms with Gasteiger partial charge < -0.3 is 9.15 Å². The van der Waals surface area contributed by atoms with Crippen LogP contribution >= 0.6 is 22.9 Å². The summed E-state index contributed by atoms with van der Waals surface area (Å²) in [5, 5.41) is 6.35. The number of nitrogens with one attached hydrogen (secondary N) is 1. The number of carbonyl (C=O) groups excluding carboxylic acids is 1. The van der Waals surface area contributed by atoms with Gasteiger partial charge in [-0.25, -0.2) is 4.98 Å². The number of nitrogens with zero attached hydrogens (tertiary/aromatic N) is 1. The molecule has 7 heteroatoms. The van der Waals surface area contributed by atoms with Crippen LogP contribution in [0.1, 0.15) is 5.76 Å². The number of ether oxygens (including phenoxy) is 1. The van der Waals surface area contributed by atoms with Crippen LogP contribution in [0.4, 0.5) is 5.13 Å². The second-order valence-electron chi connectivity index (χ2n) is 4.34. The maximum absolute atomic E-state index is 11.8. The SMILES string of the molecule is COc1cc(Cl)cc2cc(C=CC(=O)Nc3nccs3)oc12. The van der Waals surface area contributed by atoms with Crippen molar-refractivity contribution in [1.29, 1.82) is 0 Å². The van der Waals surface area contributed by atoms with Gasteiger partial charge in [0, 0.05) is 34.1 Å². The zero-order valence-electron chi connectivity index (χ0n) is 11.5. The molecule has 0 saturated heterocycles. The van der Waals surface area contributed by atoms with Crippen LogP contribution in [0.15, 0.2) is 40.3 Å². The molecule has 1 N–H and O–H groups in total. The van der Waals surface area contributed by atoms with Crippen molar-refractivity contribution in [3.05, 3.63) is 46.6 Å². The molecule has 0 unspecified atom stereocenters. The van der Waals surface area contributed by atoms with Gasteiger partial charge in [0.2, 0.25) is 5.91 Å². The molecule has 3 aromatic rings. The van der Waals surface area contributed by atoms with Crippen LogP contribution in [0, 0.1) is 0 Å². The molecule has 1 aromatic carbocycles. The van der Waals surface area contributed by atoms with E-state index in [-0.39, 0.29) is 5.91 Å². The Bertz CT molecular complexity index is 840. The highest BCUT2D eigenvalue weighted by molar-refractivity contribution is 7.13. The fourth-order valence-corrected chi connectivity index (χ4v) is 2.68. The van der Waals surface area contributed by atoms with Crippen LogP contribution in [0.3, 0.4) is 0 Å². The molecule has 0 aliphatic carbocycles. The number of methoxy groups -OCH3 is 1. The van der Waals surface area contributed by atoms with Gasteiger partial charge in [-0.15, -0.1) is 11.3 Å². The second-order valence-corrected chi connectivity index (χ2v) is 5.67. The van der Waals surface area contributed by atoms with Crippen LogP contribution < -0.4 is 10.1 Å². The molecule has 0 bridgehead atoms. The van der Waals surface area contributed by atoms with Crippen molar-refractivity contribution in [3.63, 3.8) is 0 Å². The number of thiazole rings is 1. The molecule has 0 saturated carbocycles. The van der Waals surface area contributed by atoms with E-state index in [0.717, 1.165) is 5.39 Å². The zero-order valence-corrected chi connectivity index (χ0v) is 13.1. The number of hydrogen-bond acceptors (Lipinski definition) is 5. The first-order valence-electron chi connectivity index (χ1n) is 6.31. The van der Waals surface area contributed by atoms with Gasteiger partial charge in [-0.2, -0.15) is 0 Å². The Labute approximate surface area is 135 Å². The predicted molar refractivity (Wildman–Crippen MR) is 87.6 cm³/mol. The second kappa shape index (κ2) is 6.21. The van der Waals surface area contributed by atoms with Crippen LogP contribution in [-0.4, -0.2) is 18.0 Å². The largest absolute Gasteiger partial charge is 0.493 e. The Morgan fingerprint density at radius 2 is 2.32 bits per heavy atom. The van der Waals surface area contributed by atoms with Crippen molar-refractivity contribution in [2.45, 2.75) is 0 Å². The normalized spacial score (nSPS) is 11.2. The molecule has 1 amide bonds. The van der Waals surface area contributed by atoms with Gasteiger partial charge in [-0.3, -0.25) is 10.1 Å². The molecule has 0 aliphatic rings. The molecular weight excluding hydrogens is 324 g/mol. The summed E-state index contributed by atoms with van der Waals surface area (Å²) in [4.78, 5) is 15.7. The van der Waals surface area contributed by atoms with E-state index in [4.69, 9.17) is 20.8 Å². The lowest BCUT2D eigenvalue weighted by molar-refractivity contribution is -0.111. The Kier molecular flexibility index (Phi) is 4.13. The summed E-state index contributed by atoms with van der Waals surface area (Å²) in [5.41, 5.74) is 0.590. The van der Waals surface area contributed by atoms with Gasteiger partial charge in [0.15, 0.2) is 16.5 Å². The van der Waals surface area contributed by atoms with Gasteiger partial charge in [0.05, 0.1) is 7.11 Å². The van der Waals surface area contributed by atoms with E-state index in [1.165, 1.54) is 17.4 Å². The minimum Gasteiger partial charge on any atom is -0.493 e. The maximum Gasteiger partial charge on any atom is 0.250 e. The van der Waals surface area contributed by atoms with Gasteiger partial charge in [-0.05, 0) is 18.2 Å². The summed E-state index contributed by atoms with van der Waals surface area (Å²) >= 11 is 7.36. The van der Waals surface area contributed by atoms with E-state index in [0.29, 0.717) is 27.2 Å². The fourth-order valence-electron chi connectivity index (χ4n) is 1.93. The van der Waals surface area contributed by atoms with E-state index in [2.05, 4.69) is 10.3 Å². The van der Waals surface area contributed by atoms with E-state index in [1.807, 2.05) is 0 Å². The van der Waals surface area contributed by atoms with Crippen molar-refractivity contribution >= 4 is 51.0 Å². The lowest BCUT2D eigenvalue weighted by atomic mass is 10.2. The van der Waals surface area contributed by atoms with Crippen molar-refractivity contribution in [3.8, 4) is 5.75 Å². The van der Waals surface area contributed by atoms with Crippen LogP contribution in [0.5, 0.6) is 5.75 Å². The van der Waals surface area contributed by atoms with E-state index in [1.54, 1.807) is 43.0 Å². The van der Waals surface area contributed by atoms with Crippen LogP contribution in [-0.2, 0) is 4.79 Å². The molecule has 2 heterocycles. The third-order valence-corrected chi connectivity index (χ3v) is 3.75. The molecule has 0 atom stereocenters. The van der Waals surface area contributed by atoms with E-state index < -0.39 is 0 Å². The Hall–Kier alpha value is -2.31. The van der Waals surface area contributed by atoms with Crippen molar-refractivity contribution in [2.75, 3.05) is 12.4 Å². The number of benzene rings is 1. The minimum absolute atomic E-state index is 0.277. The summed E-state index contributed by atoms with van der Waals surface area (Å²) in [6, 6.07) is 5.24. The van der Waals surface area contributed by atoms with Gasteiger partial charge >= 0.3 is 0 Å². The summed E-state index contributed by atoms with van der Waals surface area (Å²) in [5.74, 6) is 0.805. The Balaban J connectivity index is 1.81. The predicted octanol–water partition coefficient (Wildman–Crippen LogP) is 4.20. The Morgan fingerprint density at radius 1 is 1.45 bits per heavy atom. The lowest BCUT2D eigenvalue weighted by Gasteiger charge is -2.00. The molecule has 112 valence electrons. The molecule has 2 aromatic heterocycles. The number of rotatable bonds is 4. The summed E-state index contributed by atoms with van der Waals surface area (Å²) in [6.45, 7) is 0. The highest BCUT2D eigenvalue weighted by Crippen LogP contribution is 2.32. The average Bonchev–Trinajstić information content (AvgIpc) is 3.13. The fraction of sp³-hybridized carbons (Fsp3) is 0.0667. The minimum atomic E-state index is -0.277. The third kappa shape index (κ3) is 3.13. The summed E-state index contributed by atoms with van der Waals surface area (Å²) in [7, 11) is 1.55. The molecule has 0 radical (unpaired) electrons. The smallest absolute Gasteiger partial charge is 0.250 e. The van der Waals surface area contributed by atoms with Crippen LogP contribution in [0.25, 0.3) is 17.0 Å². The van der Waals surface area contributed by atoms with Crippen molar-refractivity contribution in [2.24, 2.45) is 0 Å². The van der Waals surface area contributed by atoms with E-state index >= 15 is 0 Å². The highest BCUT2D eigenvalue weighted by atomic mass is 35.5. The topological polar surface area (TPSA) is 64.4 Å². The number of furan rings is 1.